The third-order valence-corrected chi connectivity index (χ3v) is 5.04. The zero-order chi connectivity index (χ0) is 17.4. The summed E-state index contributed by atoms with van der Waals surface area (Å²) in [5, 5.41) is 31.9. The Hall–Kier alpha value is -1.66. The molecular weight excluding hydrogens is 320 g/mol. The molecule has 0 amide bonds. The summed E-state index contributed by atoms with van der Waals surface area (Å²) >= 11 is 0. The highest BCUT2D eigenvalue weighted by Crippen LogP contribution is 2.30. The van der Waals surface area contributed by atoms with Gasteiger partial charge in [0, 0.05) is 18.8 Å². The second-order valence-electron chi connectivity index (χ2n) is 5.83. The summed E-state index contributed by atoms with van der Waals surface area (Å²) in [4.78, 5) is 4.05. The Kier molecular flexibility index (Phi) is 4.96. The molecule has 0 aromatic carbocycles. The SMILES string of the molecule is C#Cc1c(C)cc(S(C)(=O)=O)nc1NC1CC(CO)[C@@H](O)[C@H]1O. The number of rotatable bonds is 4. The topological polar surface area (TPSA) is 120 Å². The van der Waals surface area contributed by atoms with Gasteiger partial charge in [0.25, 0.3) is 0 Å². The Morgan fingerprint density at radius 2 is 2.09 bits per heavy atom. The van der Waals surface area contributed by atoms with Gasteiger partial charge in [-0.15, -0.1) is 6.42 Å². The van der Waals surface area contributed by atoms with E-state index in [1.165, 1.54) is 6.07 Å². The van der Waals surface area contributed by atoms with Gasteiger partial charge in [0.1, 0.15) is 11.9 Å². The van der Waals surface area contributed by atoms with Gasteiger partial charge < -0.3 is 20.6 Å². The van der Waals surface area contributed by atoms with Crippen molar-refractivity contribution in [3.8, 4) is 12.3 Å². The Morgan fingerprint density at radius 1 is 1.43 bits per heavy atom. The van der Waals surface area contributed by atoms with Gasteiger partial charge in [-0.3, -0.25) is 0 Å². The molecule has 0 aliphatic heterocycles. The Labute approximate surface area is 135 Å². The maximum absolute atomic E-state index is 11.7. The molecule has 4 N–H and O–H groups in total. The van der Waals surface area contributed by atoms with Crippen LogP contribution in [0.4, 0.5) is 5.82 Å². The third-order valence-electron chi connectivity index (χ3n) is 4.08. The number of aliphatic hydroxyl groups is 3. The standard InChI is InChI=1S/C15H20N2O5S/c1-4-10-8(2)5-12(23(3,21)22)17-15(10)16-11-6-9(7-18)13(19)14(11)20/h1,5,9,11,13-14,18-20H,6-7H2,2-3H3,(H,16,17)/t9?,11?,13-,14+/m1/s1. The normalized spacial score (nSPS) is 27.7. The first-order chi connectivity index (χ1) is 10.7. The number of nitrogens with one attached hydrogen (secondary N) is 1. The molecule has 4 atom stereocenters. The van der Waals surface area contributed by atoms with E-state index in [0.717, 1.165) is 6.26 Å². The maximum atomic E-state index is 11.7. The van der Waals surface area contributed by atoms with Crippen LogP contribution >= 0.6 is 0 Å². The van der Waals surface area contributed by atoms with E-state index in [4.69, 9.17) is 6.42 Å². The summed E-state index contributed by atoms with van der Waals surface area (Å²) in [6.45, 7) is 1.42. The van der Waals surface area contributed by atoms with Gasteiger partial charge >= 0.3 is 0 Å². The lowest BCUT2D eigenvalue weighted by atomic mass is 10.1. The Balaban J connectivity index is 2.40. The molecule has 0 spiro atoms. The van der Waals surface area contributed by atoms with Gasteiger partial charge in [-0.2, -0.15) is 0 Å². The molecule has 1 aromatic rings. The second kappa shape index (κ2) is 6.45. The molecule has 1 aromatic heterocycles. The summed E-state index contributed by atoms with van der Waals surface area (Å²) < 4.78 is 23.4. The minimum Gasteiger partial charge on any atom is -0.396 e. The summed E-state index contributed by atoms with van der Waals surface area (Å²) in [5.74, 6) is 2.16. The van der Waals surface area contributed by atoms with Gasteiger partial charge in [0.05, 0.1) is 17.7 Å². The summed E-state index contributed by atoms with van der Waals surface area (Å²) in [5.41, 5.74) is 0.962. The van der Waals surface area contributed by atoms with Crippen LogP contribution in [-0.2, 0) is 9.84 Å². The largest absolute Gasteiger partial charge is 0.396 e. The molecule has 1 aliphatic carbocycles. The third kappa shape index (κ3) is 3.48. The van der Waals surface area contributed by atoms with E-state index in [9.17, 15) is 23.7 Å². The minimum atomic E-state index is -3.52. The lowest BCUT2D eigenvalue weighted by molar-refractivity contribution is 0.00445. The van der Waals surface area contributed by atoms with Crippen LogP contribution in [-0.4, -0.2) is 59.8 Å². The van der Waals surface area contributed by atoms with Gasteiger partial charge in [-0.05, 0) is 25.0 Å². The van der Waals surface area contributed by atoms with Crippen molar-refractivity contribution in [1.82, 2.24) is 4.98 Å². The fraction of sp³-hybridized carbons (Fsp3) is 0.533. The van der Waals surface area contributed by atoms with Crippen LogP contribution in [0.1, 0.15) is 17.5 Å². The first kappa shape index (κ1) is 17.7. The first-order valence-corrected chi connectivity index (χ1v) is 9.00. The van der Waals surface area contributed by atoms with Gasteiger partial charge in [-0.25, -0.2) is 13.4 Å². The van der Waals surface area contributed by atoms with Gasteiger partial charge in [0.2, 0.25) is 0 Å². The number of sulfone groups is 1. The molecule has 1 saturated carbocycles. The van der Waals surface area contributed by atoms with Crippen molar-refractivity contribution in [3.63, 3.8) is 0 Å². The zero-order valence-electron chi connectivity index (χ0n) is 12.9. The summed E-state index contributed by atoms with van der Waals surface area (Å²) in [6, 6.07) is 0.808. The van der Waals surface area contributed by atoms with E-state index >= 15 is 0 Å². The lowest BCUT2D eigenvalue weighted by Crippen LogP contribution is -2.36. The quantitative estimate of drug-likeness (QED) is 0.535. The number of hydrogen-bond acceptors (Lipinski definition) is 7. The highest BCUT2D eigenvalue weighted by molar-refractivity contribution is 7.90. The maximum Gasteiger partial charge on any atom is 0.192 e. The number of hydrogen-bond donors (Lipinski definition) is 4. The van der Waals surface area contributed by atoms with Crippen LogP contribution in [0.5, 0.6) is 0 Å². The predicted octanol–water partition coefficient (Wildman–Crippen LogP) is -0.711. The second-order valence-corrected chi connectivity index (χ2v) is 7.79. The van der Waals surface area contributed by atoms with Crippen LogP contribution in [0.15, 0.2) is 11.1 Å². The molecule has 126 valence electrons. The molecule has 1 heterocycles. The van der Waals surface area contributed by atoms with E-state index < -0.39 is 34.0 Å². The fourth-order valence-electron chi connectivity index (χ4n) is 2.74. The molecule has 23 heavy (non-hydrogen) atoms. The molecule has 1 aliphatic rings. The van der Waals surface area contributed by atoms with Crippen LogP contribution < -0.4 is 5.32 Å². The van der Waals surface area contributed by atoms with E-state index in [0.29, 0.717) is 17.5 Å². The number of nitrogens with zero attached hydrogens (tertiary/aromatic N) is 1. The smallest absolute Gasteiger partial charge is 0.192 e. The highest BCUT2D eigenvalue weighted by Gasteiger charge is 2.41. The van der Waals surface area contributed by atoms with E-state index in [-0.39, 0.29) is 17.5 Å². The molecular formula is C15H20N2O5S. The van der Waals surface area contributed by atoms with Gasteiger partial charge in [-0.1, -0.05) is 5.92 Å². The summed E-state index contributed by atoms with van der Waals surface area (Å²) in [6.07, 6.45) is 4.65. The van der Waals surface area contributed by atoms with Crippen LogP contribution in [0, 0.1) is 25.2 Å². The molecule has 2 unspecified atom stereocenters. The summed E-state index contributed by atoms with van der Waals surface area (Å²) in [7, 11) is -3.52. The number of terminal acetylenes is 1. The number of aliphatic hydroxyl groups excluding tert-OH is 3. The lowest BCUT2D eigenvalue weighted by Gasteiger charge is -2.20. The van der Waals surface area contributed by atoms with E-state index in [1.807, 2.05) is 0 Å². The van der Waals surface area contributed by atoms with Gasteiger partial charge in [0.15, 0.2) is 14.9 Å². The number of aryl methyl sites for hydroxylation is 1. The molecule has 8 heteroatoms. The van der Waals surface area contributed by atoms with Crippen LogP contribution in [0.2, 0.25) is 0 Å². The molecule has 1 fully saturated rings. The first-order valence-electron chi connectivity index (χ1n) is 7.10. The number of aromatic nitrogens is 1. The molecule has 0 saturated heterocycles. The van der Waals surface area contributed by atoms with Crippen molar-refractivity contribution in [2.75, 3.05) is 18.2 Å². The van der Waals surface area contributed by atoms with Crippen molar-refractivity contribution in [2.24, 2.45) is 5.92 Å². The molecule has 0 bridgehead atoms. The Morgan fingerprint density at radius 3 is 2.57 bits per heavy atom. The fourth-order valence-corrected chi connectivity index (χ4v) is 3.39. The number of pyridine rings is 1. The number of anilines is 1. The molecule has 7 nitrogen and oxygen atoms in total. The van der Waals surface area contributed by atoms with E-state index in [2.05, 4.69) is 16.2 Å². The van der Waals surface area contributed by atoms with Crippen LogP contribution in [0.3, 0.4) is 0 Å². The van der Waals surface area contributed by atoms with Crippen molar-refractivity contribution in [3.05, 3.63) is 17.2 Å². The highest BCUT2D eigenvalue weighted by atomic mass is 32.2. The molecule has 0 radical (unpaired) electrons. The van der Waals surface area contributed by atoms with Crippen LogP contribution in [0.25, 0.3) is 0 Å². The molecule has 2 rings (SSSR count). The zero-order valence-corrected chi connectivity index (χ0v) is 13.7. The van der Waals surface area contributed by atoms with Crippen molar-refractivity contribution >= 4 is 15.7 Å². The predicted molar refractivity (Wildman–Crippen MR) is 84.6 cm³/mol. The van der Waals surface area contributed by atoms with E-state index in [1.54, 1.807) is 6.92 Å². The Bertz CT molecular complexity index is 741. The average molecular weight is 340 g/mol. The van der Waals surface area contributed by atoms with Crippen molar-refractivity contribution < 1.29 is 23.7 Å². The van der Waals surface area contributed by atoms with Crippen molar-refractivity contribution in [1.29, 1.82) is 0 Å². The monoisotopic (exact) mass is 340 g/mol. The average Bonchev–Trinajstić information content (AvgIpc) is 2.74. The van der Waals surface area contributed by atoms with Crippen molar-refractivity contribution in [2.45, 2.75) is 36.6 Å². The minimum absolute atomic E-state index is 0.122.